The van der Waals surface area contributed by atoms with Crippen LogP contribution in [-0.2, 0) is 6.54 Å². The van der Waals surface area contributed by atoms with Crippen molar-refractivity contribution in [2.75, 3.05) is 11.9 Å². The van der Waals surface area contributed by atoms with E-state index in [1.807, 2.05) is 26.1 Å². The molecule has 2 aromatic rings. The molecule has 1 heterocycles. The first-order chi connectivity index (χ1) is 10.2. The van der Waals surface area contributed by atoms with Crippen molar-refractivity contribution < 1.29 is 4.39 Å². The maximum Gasteiger partial charge on any atom is 0.146 e. The Labute approximate surface area is 129 Å². The maximum atomic E-state index is 14.5. The molecule has 1 aliphatic rings. The Morgan fingerprint density at radius 3 is 2.76 bits per heavy atom. The summed E-state index contributed by atoms with van der Waals surface area (Å²) in [7, 11) is 1.89. The molecule has 3 rings (SSSR count). The van der Waals surface area contributed by atoms with E-state index in [0.717, 1.165) is 30.6 Å². The fourth-order valence-electron chi connectivity index (χ4n) is 2.57. The Balaban J connectivity index is 1.85. The quantitative estimate of drug-likeness (QED) is 0.854. The van der Waals surface area contributed by atoms with Crippen LogP contribution >= 0.6 is 11.3 Å². The molecule has 1 aliphatic carbocycles. The molecule has 1 aromatic carbocycles. The van der Waals surface area contributed by atoms with E-state index in [4.69, 9.17) is 0 Å². The molecule has 0 amide bonds. The van der Waals surface area contributed by atoms with Crippen LogP contribution in [0.2, 0.25) is 0 Å². The van der Waals surface area contributed by atoms with Gasteiger partial charge in [0.25, 0.3) is 0 Å². The maximum absolute atomic E-state index is 14.5. The van der Waals surface area contributed by atoms with E-state index in [1.54, 1.807) is 17.4 Å². The van der Waals surface area contributed by atoms with Gasteiger partial charge in [-0.05, 0) is 66.9 Å². The van der Waals surface area contributed by atoms with E-state index >= 15 is 0 Å². The third kappa shape index (κ3) is 3.27. The number of thiophene rings is 1. The minimum Gasteiger partial charge on any atom is -0.362 e. The number of hydrogen-bond acceptors (Lipinski definition) is 3. The van der Waals surface area contributed by atoms with Gasteiger partial charge in [0, 0.05) is 18.6 Å². The highest BCUT2D eigenvalue weighted by atomic mass is 32.1. The van der Waals surface area contributed by atoms with Gasteiger partial charge in [-0.15, -0.1) is 0 Å². The van der Waals surface area contributed by atoms with Crippen LogP contribution in [0.4, 0.5) is 10.1 Å². The molecular formula is C17H21FN2S. The van der Waals surface area contributed by atoms with Crippen LogP contribution in [0, 0.1) is 5.82 Å². The van der Waals surface area contributed by atoms with Crippen molar-refractivity contribution in [3.05, 3.63) is 52.0 Å². The molecule has 1 aromatic heterocycles. The van der Waals surface area contributed by atoms with Gasteiger partial charge in [0.05, 0.1) is 5.69 Å². The lowest BCUT2D eigenvalue weighted by Crippen LogP contribution is -2.26. The summed E-state index contributed by atoms with van der Waals surface area (Å²) in [6.07, 6.45) is 2.33. The smallest absolute Gasteiger partial charge is 0.146 e. The van der Waals surface area contributed by atoms with Gasteiger partial charge in [-0.1, -0.05) is 6.07 Å². The second-order valence-electron chi connectivity index (χ2n) is 5.71. The fraction of sp³-hybridized carbons (Fsp3) is 0.412. The SMILES string of the molecule is CNC(C)c1ccc(N(Cc2ccsc2)C2CC2)c(F)c1. The van der Waals surface area contributed by atoms with Crippen LogP contribution in [-0.4, -0.2) is 13.1 Å². The second kappa shape index (κ2) is 6.16. The molecule has 0 aliphatic heterocycles. The molecule has 1 saturated carbocycles. The molecule has 21 heavy (non-hydrogen) atoms. The Morgan fingerprint density at radius 2 is 2.19 bits per heavy atom. The minimum atomic E-state index is -0.114. The van der Waals surface area contributed by atoms with Crippen molar-refractivity contribution in [2.24, 2.45) is 0 Å². The van der Waals surface area contributed by atoms with Crippen LogP contribution in [0.1, 0.15) is 36.9 Å². The zero-order valence-electron chi connectivity index (χ0n) is 12.5. The highest BCUT2D eigenvalue weighted by molar-refractivity contribution is 7.07. The molecule has 1 N–H and O–H groups in total. The lowest BCUT2D eigenvalue weighted by atomic mass is 10.1. The Bertz CT molecular complexity index is 593. The van der Waals surface area contributed by atoms with Crippen molar-refractivity contribution in [1.82, 2.24) is 5.32 Å². The first-order valence-corrected chi connectivity index (χ1v) is 8.37. The van der Waals surface area contributed by atoms with Gasteiger partial charge in [0.15, 0.2) is 0 Å². The van der Waals surface area contributed by atoms with E-state index in [2.05, 4.69) is 27.0 Å². The second-order valence-corrected chi connectivity index (χ2v) is 6.49. The van der Waals surface area contributed by atoms with E-state index < -0.39 is 0 Å². The Morgan fingerprint density at radius 1 is 1.38 bits per heavy atom. The molecule has 2 nitrogen and oxygen atoms in total. The van der Waals surface area contributed by atoms with Crippen LogP contribution in [0.25, 0.3) is 0 Å². The van der Waals surface area contributed by atoms with Crippen molar-refractivity contribution in [2.45, 2.75) is 38.4 Å². The Kier molecular flexibility index (Phi) is 4.27. The summed E-state index contributed by atoms with van der Waals surface area (Å²) in [5.74, 6) is -0.114. The summed E-state index contributed by atoms with van der Waals surface area (Å²) >= 11 is 1.69. The van der Waals surface area contributed by atoms with Crippen LogP contribution < -0.4 is 10.2 Å². The van der Waals surface area contributed by atoms with Crippen LogP contribution in [0.5, 0.6) is 0 Å². The molecule has 1 unspecified atom stereocenters. The zero-order valence-corrected chi connectivity index (χ0v) is 13.3. The van der Waals surface area contributed by atoms with Crippen molar-refractivity contribution >= 4 is 17.0 Å². The largest absolute Gasteiger partial charge is 0.362 e. The average Bonchev–Trinajstić information content (AvgIpc) is 3.21. The number of rotatable bonds is 6. The third-order valence-corrected chi connectivity index (χ3v) is 4.87. The van der Waals surface area contributed by atoms with Gasteiger partial charge in [0.1, 0.15) is 5.82 Å². The first-order valence-electron chi connectivity index (χ1n) is 7.43. The van der Waals surface area contributed by atoms with Crippen molar-refractivity contribution in [1.29, 1.82) is 0 Å². The van der Waals surface area contributed by atoms with Gasteiger partial charge in [-0.25, -0.2) is 4.39 Å². The van der Waals surface area contributed by atoms with E-state index in [-0.39, 0.29) is 11.9 Å². The number of benzene rings is 1. The fourth-order valence-corrected chi connectivity index (χ4v) is 3.23. The topological polar surface area (TPSA) is 15.3 Å². The number of halogens is 1. The first kappa shape index (κ1) is 14.5. The summed E-state index contributed by atoms with van der Waals surface area (Å²) in [4.78, 5) is 2.21. The van der Waals surface area contributed by atoms with Gasteiger partial charge >= 0.3 is 0 Å². The summed E-state index contributed by atoms with van der Waals surface area (Å²) in [5, 5.41) is 7.37. The lowest BCUT2D eigenvalue weighted by Gasteiger charge is -2.25. The number of anilines is 1. The van der Waals surface area contributed by atoms with Crippen molar-refractivity contribution in [3.8, 4) is 0 Å². The number of nitrogens with one attached hydrogen (secondary N) is 1. The average molecular weight is 304 g/mol. The molecule has 0 spiro atoms. The Hall–Kier alpha value is -1.39. The predicted molar refractivity (Wildman–Crippen MR) is 87.4 cm³/mol. The van der Waals surface area contributed by atoms with E-state index in [9.17, 15) is 4.39 Å². The molecule has 112 valence electrons. The zero-order chi connectivity index (χ0) is 14.8. The highest BCUT2D eigenvalue weighted by Gasteiger charge is 2.31. The molecule has 4 heteroatoms. The molecule has 1 atom stereocenters. The summed E-state index contributed by atoms with van der Waals surface area (Å²) < 4.78 is 14.5. The van der Waals surface area contributed by atoms with E-state index in [0.29, 0.717) is 6.04 Å². The van der Waals surface area contributed by atoms with E-state index in [1.165, 1.54) is 5.56 Å². The van der Waals surface area contributed by atoms with Crippen LogP contribution in [0.3, 0.4) is 0 Å². The van der Waals surface area contributed by atoms with Gasteiger partial charge in [0.2, 0.25) is 0 Å². The molecular weight excluding hydrogens is 283 g/mol. The van der Waals surface area contributed by atoms with Gasteiger partial charge < -0.3 is 10.2 Å². The standard InChI is InChI=1S/C17H21FN2S/c1-12(19-2)14-3-6-17(16(18)9-14)20(15-4-5-15)10-13-7-8-21-11-13/h3,6-9,11-12,15,19H,4-5,10H2,1-2H3. The molecule has 0 saturated heterocycles. The lowest BCUT2D eigenvalue weighted by molar-refractivity contribution is 0.599. The number of hydrogen-bond donors (Lipinski definition) is 1. The molecule has 1 fully saturated rings. The van der Waals surface area contributed by atoms with Gasteiger partial charge in [-0.3, -0.25) is 0 Å². The summed E-state index contributed by atoms with van der Waals surface area (Å²) in [5.41, 5.74) is 2.99. The number of nitrogens with zero attached hydrogens (tertiary/aromatic N) is 1. The highest BCUT2D eigenvalue weighted by Crippen LogP contribution is 2.35. The van der Waals surface area contributed by atoms with Crippen molar-refractivity contribution in [3.63, 3.8) is 0 Å². The van der Waals surface area contributed by atoms with Gasteiger partial charge in [-0.2, -0.15) is 11.3 Å². The van der Waals surface area contributed by atoms with Crippen LogP contribution in [0.15, 0.2) is 35.0 Å². The normalized spacial score (nSPS) is 16.0. The molecule has 0 radical (unpaired) electrons. The summed E-state index contributed by atoms with van der Waals surface area (Å²) in [6.45, 7) is 2.84. The summed E-state index contributed by atoms with van der Waals surface area (Å²) in [6, 6.07) is 8.41. The minimum absolute atomic E-state index is 0.114. The third-order valence-electron chi connectivity index (χ3n) is 4.13. The predicted octanol–water partition coefficient (Wildman–Crippen LogP) is 4.34. The molecule has 0 bridgehead atoms. The monoisotopic (exact) mass is 304 g/mol.